The Kier molecular flexibility index (Phi) is 4.37. The Hall–Kier alpha value is -0.323. The summed E-state index contributed by atoms with van der Waals surface area (Å²) < 4.78 is 31.8. The van der Waals surface area contributed by atoms with Crippen molar-refractivity contribution in [3.05, 3.63) is 29.3 Å². The summed E-state index contributed by atoms with van der Waals surface area (Å²) in [6, 6.07) is 2.15. The molecule has 0 N–H and O–H groups in total. The van der Waals surface area contributed by atoms with Gasteiger partial charge in [0.15, 0.2) is 17.4 Å². The molecule has 1 aromatic carbocycles. The molecule has 0 saturated carbocycles. The van der Waals surface area contributed by atoms with Gasteiger partial charge in [0.2, 0.25) is 0 Å². The third-order valence-corrected chi connectivity index (χ3v) is 2.70. The van der Waals surface area contributed by atoms with Gasteiger partial charge in [-0.2, -0.15) is 0 Å². The lowest BCUT2D eigenvalue weighted by Gasteiger charge is -2.12. The van der Waals surface area contributed by atoms with Crippen molar-refractivity contribution in [2.45, 2.75) is 17.9 Å². The lowest BCUT2D eigenvalue weighted by Crippen LogP contribution is -2.13. The number of alkyl halides is 2. The maximum absolute atomic E-state index is 13.4. The summed E-state index contributed by atoms with van der Waals surface area (Å²) in [5.74, 6) is -1.91. The molecule has 0 aliphatic carbocycles. The van der Waals surface area contributed by atoms with Gasteiger partial charge in [-0.25, -0.2) is 8.78 Å². The van der Waals surface area contributed by atoms with Gasteiger partial charge in [-0.15, -0.1) is 23.2 Å². The second kappa shape index (κ2) is 5.14. The topological polar surface area (TPSA) is 9.23 Å². The van der Waals surface area contributed by atoms with Crippen molar-refractivity contribution in [1.82, 2.24) is 0 Å². The molecule has 0 bridgehead atoms. The molecule has 0 fully saturated rings. The minimum absolute atomic E-state index is 0.182. The number of benzene rings is 1. The zero-order valence-electron chi connectivity index (χ0n) is 8.15. The van der Waals surface area contributed by atoms with Crippen molar-refractivity contribution in [2.24, 2.45) is 0 Å². The van der Waals surface area contributed by atoms with Gasteiger partial charge in [0.05, 0.1) is 0 Å². The van der Waals surface area contributed by atoms with Gasteiger partial charge in [-0.1, -0.05) is 0 Å². The molecule has 0 atom stereocenters. The third-order valence-electron chi connectivity index (χ3n) is 1.58. The van der Waals surface area contributed by atoms with Crippen molar-refractivity contribution in [1.29, 1.82) is 0 Å². The Morgan fingerprint density at radius 3 is 2.00 bits per heavy atom. The Morgan fingerprint density at radius 2 is 1.67 bits per heavy atom. The van der Waals surface area contributed by atoms with E-state index in [4.69, 9.17) is 27.6 Å². The van der Waals surface area contributed by atoms with Gasteiger partial charge in [-0.05, 0) is 30.8 Å². The van der Waals surface area contributed by atoms with Gasteiger partial charge in [0.1, 0.15) is 4.84 Å². The van der Waals surface area contributed by atoms with E-state index in [2.05, 4.69) is 0 Å². The summed E-state index contributed by atoms with van der Waals surface area (Å²) in [6.45, 7) is 3.56. The fraction of sp³-hybridized carbons (Fsp3) is 0.333. The van der Waals surface area contributed by atoms with E-state index in [1.54, 1.807) is 13.1 Å². The van der Waals surface area contributed by atoms with Gasteiger partial charge >= 0.3 is 0 Å². The van der Waals surface area contributed by atoms with Gasteiger partial charge < -0.3 is 4.43 Å². The third kappa shape index (κ3) is 3.33. The first-order chi connectivity index (χ1) is 6.91. The molecule has 1 aromatic rings. The van der Waals surface area contributed by atoms with Crippen molar-refractivity contribution >= 4 is 32.2 Å². The first-order valence-electron chi connectivity index (χ1n) is 4.17. The maximum atomic E-state index is 13.4. The van der Waals surface area contributed by atoms with E-state index in [1.165, 1.54) is 0 Å². The fourth-order valence-corrected chi connectivity index (χ4v) is 1.86. The molecule has 0 aliphatic heterocycles. The van der Waals surface area contributed by atoms with E-state index >= 15 is 0 Å². The maximum Gasteiger partial charge on any atom is 0.274 e. The smallest absolute Gasteiger partial charge is 0.274 e. The standard InChI is InChI=1S/C9H9Cl2F2OSi/c1-15(2)14-8-6(12)3-5(9(10)11)4-7(8)13/h3-4,9H,1-2H3. The zero-order valence-corrected chi connectivity index (χ0v) is 10.7. The van der Waals surface area contributed by atoms with Crippen LogP contribution in [0.15, 0.2) is 12.1 Å². The minimum atomic E-state index is -1.21. The quantitative estimate of drug-likeness (QED) is 0.594. The highest BCUT2D eigenvalue weighted by Crippen LogP contribution is 2.31. The number of rotatable bonds is 3. The summed E-state index contributed by atoms with van der Waals surface area (Å²) in [5, 5.41) is 0. The van der Waals surface area contributed by atoms with Crippen molar-refractivity contribution in [3.63, 3.8) is 0 Å². The highest BCUT2D eigenvalue weighted by atomic mass is 35.5. The minimum Gasteiger partial charge on any atom is -0.539 e. The number of halogens is 4. The molecule has 0 heterocycles. The van der Waals surface area contributed by atoms with E-state index < -0.39 is 25.5 Å². The van der Waals surface area contributed by atoms with E-state index in [9.17, 15) is 8.78 Å². The van der Waals surface area contributed by atoms with Gasteiger partial charge in [-0.3, -0.25) is 0 Å². The molecular formula is C9H9Cl2F2OSi. The van der Waals surface area contributed by atoms with Crippen LogP contribution in [0, 0.1) is 11.6 Å². The molecule has 0 aliphatic rings. The van der Waals surface area contributed by atoms with Crippen molar-refractivity contribution in [2.75, 3.05) is 0 Å². The van der Waals surface area contributed by atoms with Crippen molar-refractivity contribution in [3.8, 4) is 5.75 Å². The van der Waals surface area contributed by atoms with E-state index in [-0.39, 0.29) is 11.3 Å². The summed E-state index contributed by atoms with van der Waals surface area (Å²) in [5.41, 5.74) is 0.182. The number of hydrogen-bond donors (Lipinski definition) is 0. The largest absolute Gasteiger partial charge is 0.539 e. The molecule has 1 nitrogen and oxygen atoms in total. The second-order valence-corrected chi connectivity index (χ2v) is 6.24. The Labute approximate surface area is 98.7 Å². The molecule has 0 saturated heterocycles. The summed E-state index contributed by atoms with van der Waals surface area (Å²) in [6.07, 6.45) is 0. The molecule has 0 unspecified atom stereocenters. The summed E-state index contributed by atoms with van der Waals surface area (Å²) in [4.78, 5) is -0.948. The van der Waals surface area contributed by atoms with Crippen LogP contribution in [-0.4, -0.2) is 9.04 Å². The predicted octanol–water partition coefficient (Wildman–Crippen LogP) is 4.07. The molecule has 0 amide bonds. The van der Waals surface area contributed by atoms with Crippen LogP contribution < -0.4 is 4.43 Å². The van der Waals surface area contributed by atoms with E-state index in [0.717, 1.165) is 12.1 Å². The lowest BCUT2D eigenvalue weighted by molar-refractivity contribution is 0.460. The van der Waals surface area contributed by atoms with Crippen LogP contribution in [0.1, 0.15) is 10.4 Å². The van der Waals surface area contributed by atoms with Crippen LogP contribution in [0.5, 0.6) is 5.75 Å². The Bertz CT molecular complexity index is 335. The molecule has 83 valence electrons. The van der Waals surface area contributed by atoms with Crippen LogP contribution in [-0.2, 0) is 0 Å². The second-order valence-electron chi connectivity index (χ2n) is 3.12. The summed E-state index contributed by atoms with van der Waals surface area (Å²) >= 11 is 11.0. The summed E-state index contributed by atoms with van der Waals surface area (Å²) in [7, 11) is -1.21. The first kappa shape index (κ1) is 12.7. The SMILES string of the molecule is C[Si](C)Oc1c(F)cc(C(Cl)Cl)cc1F. The molecule has 0 spiro atoms. The normalized spacial score (nSPS) is 11.2. The van der Waals surface area contributed by atoms with Crippen LogP contribution in [0.25, 0.3) is 0 Å². The zero-order chi connectivity index (χ0) is 11.6. The molecule has 0 aromatic heterocycles. The lowest BCUT2D eigenvalue weighted by atomic mass is 10.2. The predicted molar refractivity (Wildman–Crippen MR) is 58.9 cm³/mol. The Balaban J connectivity index is 3.10. The average Bonchev–Trinajstić information content (AvgIpc) is 2.10. The first-order valence-corrected chi connectivity index (χ1v) is 7.45. The fourth-order valence-electron chi connectivity index (χ4n) is 1.01. The van der Waals surface area contributed by atoms with Gasteiger partial charge in [0.25, 0.3) is 9.04 Å². The molecule has 6 heteroatoms. The average molecular weight is 270 g/mol. The molecule has 1 rings (SSSR count). The molecule has 15 heavy (non-hydrogen) atoms. The van der Waals surface area contributed by atoms with Crippen LogP contribution in [0.2, 0.25) is 13.1 Å². The highest BCUT2D eigenvalue weighted by Gasteiger charge is 2.16. The van der Waals surface area contributed by atoms with E-state index in [0.29, 0.717) is 0 Å². The molecule has 1 radical (unpaired) electrons. The van der Waals surface area contributed by atoms with Crippen molar-refractivity contribution < 1.29 is 13.2 Å². The van der Waals surface area contributed by atoms with Crippen LogP contribution in [0.4, 0.5) is 8.78 Å². The van der Waals surface area contributed by atoms with E-state index in [1.807, 2.05) is 0 Å². The number of hydrogen-bond acceptors (Lipinski definition) is 1. The van der Waals surface area contributed by atoms with Crippen LogP contribution >= 0.6 is 23.2 Å². The van der Waals surface area contributed by atoms with Crippen LogP contribution in [0.3, 0.4) is 0 Å². The highest BCUT2D eigenvalue weighted by molar-refractivity contribution is 6.49. The van der Waals surface area contributed by atoms with Gasteiger partial charge in [0, 0.05) is 0 Å². The Morgan fingerprint density at radius 1 is 1.20 bits per heavy atom. The monoisotopic (exact) mass is 269 g/mol. The molecular weight excluding hydrogens is 261 g/mol.